The van der Waals surface area contributed by atoms with Crippen LogP contribution in [0.1, 0.15) is 44.1 Å². The van der Waals surface area contributed by atoms with Crippen molar-refractivity contribution >= 4 is 23.5 Å². The molecule has 1 spiro atoms. The molecule has 1 aromatic rings. The van der Waals surface area contributed by atoms with Gasteiger partial charge in [0.2, 0.25) is 0 Å². The fraction of sp³-hybridized carbons (Fsp3) is 0.524. The second kappa shape index (κ2) is 6.31. The molecule has 4 rings (SSSR count). The molecule has 0 aromatic heterocycles. The number of carboxylic acid groups (broad SMARTS) is 1. The standard InChI is InChI=1S/C21H24O3S/c22-16-11-13-21-18(19(21)25-14-15-8-4-3-5-9-15)20(16,21)12-7-2-1-6-10-17(23)24/h2-5,7-9,18-19H,1,6,10-14H2,(H,23,24)/t18-,19?,20+,21-/m0/s1. The summed E-state index contributed by atoms with van der Waals surface area (Å²) in [7, 11) is 0. The van der Waals surface area contributed by atoms with Crippen LogP contribution in [0.2, 0.25) is 0 Å². The third-order valence-electron chi connectivity index (χ3n) is 6.44. The summed E-state index contributed by atoms with van der Waals surface area (Å²) in [4.78, 5) is 23.0. The fourth-order valence-electron chi connectivity index (χ4n) is 5.17. The third kappa shape index (κ3) is 2.57. The Labute approximate surface area is 152 Å². The molecule has 132 valence electrons. The number of hydrogen-bond acceptors (Lipinski definition) is 3. The molecule has 4 heteroatoms. The molecule has 4 atom stereocenters. The van der Waals surface area contributed by atoms with Crippen molar-refractivity contribution in [2.45, 2.75) is 49.5 Å². The van der Waals surface area contributed by atoms with Gasteiger partial charge in [0.05, 0.1) is 0 Å². The molecule has 3 aliphatic rings. The fourth-order valence-corrected chi connectivity index (χ4v) is 7.10. The highest BCUT2D eigenvalue weighted by Gasteiger charge is 2.98. The van der Waals surface area contributed by atoms with Gasteiger partial charge in [-0.15, -0.1) is 0 Å². The minimum atomic E-state index is -0.737. The van der Waals surface area contributed by atoms with E-state index in [9.17, 15) is 9.59 Å². The number of carbonyl (C=O) groups is 2. The van der Waals surface area contributed by atoms with Gasteiger partial charge >= 0.3 is 5.97 Å². The summed E-state index contributed by atoms with van der Waals surface area (Å²) in [5, 5.41) is 9.32. The zero-order chi connectivity index (χ0) is 17.5. The molecule has 3 nitrogen and oxygen atoms in total. The Kier molecular flexibility index (Phi) is 4.27. The predicted octanol–water partition coefficient (Wildman–Crippen LogP) is 4.47. The molecular formula is C21H24O3S. The lowest BCUT2D eigenvalue weighted by molar-refractivity contribution is -0.137. The first-order valence-corrected chi connectivity index (χ1v) is 10.2. The van der Waals surface area contributed by atoms with E-state index in [1.54, 1.807) is 0 Å². The van der Waals surface area contributed by atoms with Gasteiger partial charge in [-0.25, -0.2) is 0 Å². The van der Waals surface area contributed by atoms with E-state index in [0.717, 1.165) is 31.4 Å². The van der Waals surface area contributed by atoms with Crippen LogP contribution in [0.25, 0.3) is 0 Å². The first-order chi connectivity index (χ1) is 12.1. The summed E-state index contributed by atoms with van der Waals surface area (Å²) in [6.07, 6.45) is 8.60. The molecule has 3 fully saturated rings. The molecule has 1 unspecified atom stereocenters. The maximum Gasteiger partial charge on any atom is 0.303 e. The summed E-state index contributed by atoms with van der Waals surface area (Å²) < 4.78 is 0. The van der Waals surface area contributed by atoms with Crippen molar-refractivity contribution < 1.29 is 14.7 Å². The molecule has 0 bridgehead atoms. The molecule has 3 saturated carbocycles. The van der Waals surface area contributed by atoms with Crippen molar-refractivity contribution in [1.29, 1.82) is 0 Å². The van der Waals surface area contributed by atoms with E-state index < -0.39 is 5.97 Å². The van der Waals surface area contributed by atoms with Crippen molar-refractivity contribution in [3.05, 3.63) is 48.0 Å². The zero-order valence-electron chi connectivity index (χ0n) is 14.3. The van der Waals surface area contributed by atoms with Crippen molar-refractivity contribution in [3.63, 3.8) is 0 Å². The van der Waals surface area contributed by atoms with Gasteiger partial charge in [-0.05, 0) is 37.2 Å². The number of benzene rings is 1. The highest BCUT2D eigenvalue weighted by Crippen LogP contribution is 2.96. The van der Waals surface area contributed by atoms with Crippen molar-refractivity contribution in [2.24, 2.45) is 16.7 Å². The average Bonchev–Trinajstić information content (AvgIpc) is 3.42. The number of Topliss-reactive ketones (excluding diaryl/α,β-unsaturated/α-hetero) is 1. The average molecular weight is 356 g/mol. The third-order valence-corrected chi connectivity index (χ3v) is 7.99. The minimum Gasteiger partial charge on any atom is -0.481 e. The number of carboxylic acids is 1. The van der Waals surface area contributed by atoms with E-state index in [1.807, 2.05) is 17.8 Å². The van der Waals surface area contributed by atoms with Gasteiger partial charge in [0.1, 0.15) is 5.78 Å². The highest BCUT2D eigenvalue weighted by atomic mass is 32.2. The van der Waals surface area contributed by atoms with Gasteiger partial charge in [0.15, 0.2) is 0 Å². The summed E-state index contributed by atoms with van der Waals surface area (Å²) in [5.74, 6) is 1.38. The molecule has 1 aromatic carbocycles. The van der Waals surface area contributed by atoms with Gasteiger partial charge in [-0.2, -0.15) is 11.8 Å². The number of aliphatic carboxylic acids is 1. The lowest BCUT2D eigenvalue weighted by atomic mass is 9.85. The van der Waals surface area contributed by atoms with E-state index in [0.29, 0.717) is 28.8 Å². The molecule has 0 saturated heterocycles. The topological polar surface area (TPSA) is 54.4 Å². The van der Waals surface area contributed by atoms with Crippen LogP contribution in [0.4, 0.5) is 0 Å². The van der Waals surface area contributed by atoms with Crippen LogP contribution < -0.4 is 0 Å². The Morgan fingerprint density at radius 2 is 2.08 bits per heavy atom. The van der Waals surface area contributed by atoms with Crippen LogP contribution in [0, 0.1) is 16.7 Å². The monoisotopic (exact) mass is 356 g/mol. The predicted molar refractivity (Wildman–Crippen MR) is 99.4 cm³/mol. The number of carbonyl (C=O) groups excluding carboxylic acids is 1. The zero-order valence-corrected chi connectivity index (χ0v) is 15.1. The molecule has 3 aliphatic carbocycles. The van der Waals surface area contributed by atoms with Crippen LogP contribution >= 0.6 is 11.8 Å². The van der Waals surface area contributed by atoms with Gasteiger partial charge in [-0.1, -0.05) is 42.5 Å². The Bertz CT molecular complexity index is 713. The second-order valence-electron chi connectivity index (χ2n) is 7.59. The van der Waals surface area contributed by atoms with E-state index in [1.165, 1.54) is 5.56 Å². The number of ketones is 1. The van der Waals surface area contributed by atoms with E-state index in [2.05, 4.69) is 36.4 Å². The molecule has 25 heavy (non-hydrogen) atoms. The molecule has 0 aliphatic heterocycles. The summed E-state index contributed by atoms with van der Waals surface area (Å²) in [5.41, 5.74) is 1.61. The number of fused-ring (bicyclic) bond motifs is 1. The molecule has 1 N–H and O–H groups in total. The van der Waals surface area contributed by atoms with Crippen LogP contribution in [0.15, 0.2) is 42.5 Å². The highest BCUT2D eigenvalue weighted by molar-refractivity contribution is 7.99. The lowest BCUT2D eigenvalue weighted by Crippen LogP contribution is -2.27. The summed E-state index contributed by atoms with van der Waals surface area (Å²) >= 11 is 2.03. The Hall–Kier alpha value is -1.55. The van der Waals surface area contributed by atoms with Crippen LogP contribution in [0.3, 0.4) is 0 Å². The largest absolute Gasteiger partial charge is 0.481 e. The van der Waals surface area contributed by atoms with Crippen LogP contribution in [0.5, 0.6) is 0 Å². The maximum absolute atomic E-state index is 12.5. The summed E-state index contributed by atoms with van der Waals surface area (Å²) in [6.45, 7) is 0. The maximum atomic E-state index is 12.5. The second-order valence-corrected chi connectivity index (χ2v) is 8.72. The Balaban J connectivity index is 1.29. The van der Waals surface area contributed by atoms with Gasteiger partial charge in [-0.3, -0.25) is 9.59 Å². The van der Waals surface area contributed by atoms with Gasteiger partial charge in [0.25, 0.3) is 0 Å². The molecular weight excluding hydrogens is 332 g/mol. The van der Waals surface area contributed by atoms with Gasteiger partial charge in [0, 0.05) is 34.7 Å². The first-order valence-electron chi connectivity index (χ1n) is 9.18. The quantitative estimate of drug-likeness (QED) is 0.524. The van der Waals surface area contributed by atoms with Crippen molar-refractivity contribution in [1.82, 2.24) is 0 Å². The SMILES string of the molecule is O=C(O)CCCC=CC[C@]12C(=O)CC[C@]13C(SCc1ccccc1)[C@@H]23. The smallest absolute Gasteiger partial charge is 0.303 e. The number of rotatable bonds is 9. The number of hydrogen-bond donors (Lipinski definition) is 1. The normalized spacial score (nSPS) is 34.8. The van der Waals surface area contributed by atoms with E-state index in [-0.39, 0.29) is 11.8 Å². The number of thioether (sulfide) groups is 1. The minimum absolute atomic E-state index is 0.0509. The van der Waals surface area contributed by atoms with E-state index in [4.69, 9.17) is 5.11 Å². The van der Waals surface area contributed by atoms with E-state index >= 15 is 0 Å². The lowest BCUT2D eigenvalue weighted by Gasteiger charge is -2.24. The molecule has 0 amide bonds. The van der Waals surface area contributed by atoms with Gasteiger partial charge < -0.3 is 5.11 Å². The molecule has 0 heterocycles. The number of unbranched alkanes of at least 4 members (excludes halogenated alkanes) is 1. The van der Waals surface area contributed by atoms with Crippen LogP contribution in [-0.2, 0) is 15.3 Å². The summed E-state index contributed by atoms with van der Waals surface area (Å²) in [6, 6.07) is 10.6. The first kappa shape index (κ1) is 16.9. The van der Waals surface area contributed by atoms with Crippen molar-refractivity contribution in [2.75, 3.05) is 0 Å². The van der Waals surface area contributed by atoms with Crippen LogP contribution in [-0.4, -0.2) is 22.1 Å². The number of allylic oxidation sites excluding steroid dienone is 2. The molecule has 0 radical (unpaired) electrons. The van der Waals surface area contributed by atoms with Crippen molar-refractivity contribution in [3.8, 4) is 0 Å². The Morgan fingerprint density at radius 1 is 1.28 bits per heavy atom. The Morgan fingerprint density at radius 3 is 2.80 bits per heavy atom.